The summed E-state index contributed by atoms with van der Waals surface area (Å²) in [4.78, 5) is 52.6. The summed E-state index contributed by atoms with van der Waals surface area (Å²) >= 11 is 6.10. The summed E-state index contributed by atoms with van der Waals surface area (Å²) in [6, 6.07) is 18.6. The summed E-state index contributed by atoms with van der Waals surface area (Å²) in [6.45, 7) is 6.07. The van der Waals surface area contributed by atoms with Crippen molar-refractivity contribution in [3.8, 4) is 17.1 Å². The van der Waals surface area contributed by atoms with Crippen LogP contribution in [0.25, 0.3) is 22.3 Å². The van der Waals surface area contributed by atoms with Crippen molar-refractivity contribution in [2.75, 3.05) is 6.54 Å². The quantitative estimate of drug-likeness (QED) is 0.232. The van der Waals surface area contributed by atoms with E-state index >= 15 is 0 Å². The lowest BCUT2D eigenvalue weighted by Gasteiger charge is -2.19. The normalized spacial score (nSPS) is 13.2. The Labute approximate surface area is 223 Å². The average Bonchev–Trinajstić information content (AvgIpc) is 3.13. The molecule has 1 aliphatic rings. The van der Waals surface area contributed by atoms with Gasteiger partial charge >= 0.3 is 5.97 Å². The summed E-state index contributed by atoms with van der Waals surface area (Å²) < 4.78 is 11.6. The molecule has 0 radical (unpaired) electrons. The monoisotopic (exact) mass is 529 g/mol. The molecule has 0 aliphatic carbocycles. The molecule has 0 N–H and O–H groups in total. The lowest BCUT2D eigenvalue weighted by molar-refractivity contribution is -0.134. The van der Waals surface area contributed by atoms with Crippen molar-refractivity contribution in [2.24, 2.45) is 0 Å². The summed E-state index contributed by atoms with van der Waals surface area (Å²) in [7, 11) is 0. The van der Waals surface area contributed by atoms with Gasteiger partial charge in [-0.05, 0) is 41.3 Å². The van der Waals surface area contributed by atoms with Gasteiger partial charge in [0, 0.05) is 17.1 Å². The third-order valence-corrected chi connectivity index (χ3v) is 6.69. The molecule has 0 saturated heterocycles. The van der Waals surface area contributed by atoms with Gasteiger partial charge in [0.05, 0.1) is 22.9 Å². The van der Waals surface area contributed by atoms with E-state index in [-0.39, 0.29) is 35.3 Å². The zero-order valence-corrected chi connectivity index (χ0v) is 21.8. The van der Waals surface area contributed by atoms with Crippen LogP contribution in [0.2, 0.25) is 5.02 Å². The Morgan fingerprint density at radius 1 is 0.921 bits per heavy atom. The lowest BCUT2D eigenvalue weighted by atomic mass is 9.86. The molecule has 5 rings (SSSR count). The highest BCUT2D eigenvalue weighted by atomic mass is 35.5. The Balaban J connectivity index is 1.46. The molecule has 0 saturated carbocycles. The molecule has 0 unspecified atom stereocenters. The first-order valence-corrected chi connectivity index (χ1v) is 12.5. The van der Waals surface area contributed by atoms with Crippen molar-refractivity contribution in [3.05, 3.63) is 98.7 Å². The minimum absolute atomic E-state index is 0.0844. The molecule has 4 aromatic rings. The first-order chi connectivity index (χ1) is 18.0. The van der Waals surface area contributed by atoms with Crippen LogP contribution >= 0.6 is 11.6 Å². The van der Waals surface area contributed by atoms with E-state index in [0.29, 0.717) is 27.3 Å². The fourth-order valence-electron chi connectivity index (χ4n) is 4.36. The number of nitrogens with zero attached hydrogens (tertiary/aromatic N) is 1. The molecule has 0 spiro atoms. The van der Waals surface area contributed by atoms with E-state index < -0.39 is 23.2 Å². The van der Waals surface area contributed by atoms with E-state index in [1.165, 1.54) is 6.07 Å². The molecule has 2 heterocycles. The minimum Gasteiger partial charge on any atom is -0.452 e. The maximum atomic E-state index is 13.4. The van der Waals surface area contributed by atoms with Crippen molar-refractivity contribution in [1.29, 1.82) is 0 Å². The van der Waals surface area contributed by atoms with Crippen LogP contribution in [0, 0.1) is 0 Å². The SMILES string of the molecule is CC(C)(C)c1ccc(-c2oc3ccc(Cl)cc3c(=O)c2OC(=O)CCN2C(=O)c3ccccc3C2=O)cc1. The van der Waals surface area contributed by atoms with Crippen molar-refractivity contribution >= 4 is 40.4 Å². The van der Waals surface area contributed by atoms with Gasteiger partial charge in [0.2, 0.25) is 11.2 Å². The number of hydrogen-bond acceptors (Lipinski definition) is 6. The van der Waals surface area contributed by atoms with Crippen LogP contribution in [-0.2, 0) is 10.2 Å². The van der Waals surface area contributed by atoms with E-state index in [2.05, 4.69) is 20.8 Å². The first kappa shape index (κ1) is 25.4. The number of fused-ring (bicyclic) bond motifs is 2. The molecule has 38 heavy (non-hydrogen) atoms. The van der Waals surface area contributed by atoms with Gasteiger partial charge in [0.15, 0.2) is 5.76 Å². The second kappa shape index (κ2) is 9.58. The van der Waals surface area contributed by atoms with Gasteiger partial charge in [-0.2, -0.15) is 0 Å². The second-order valence-electron chi connectivity index (χ2n) is 10.1. The highest BCUT2D eigenvalue weighted by molar-refractivity contribution is 6.31. The number of halogens is 1. The van der Waals surface area contributed by atoms with Crippen molar-refractivity contribution in [1.82, 2.24) is 4.90 Å². The number of imide groups is 1. The van der Waals surface area contributed by atoms with Crippen LogP contribution in [0.3, 0.4) is 0 Å². The molecule has 0 bridgehead atoms. The first-order valence-electron chi connectivity index (χ1n) is 12.1. The van der Waals surface area contributed by atoms with E-state index in [1.54, 1.807) is 48.5 Å². The highest BCUT2D eigenvalue weighted by Gasteiger charge is 2.35. The van der Waals surface area contributed by atoms with E-state index in [4.69, 9.17) is 20.8 Å². The number of rotatable bonds is 5. The zero-order chi connectivity index (χ0) is 27.2. The molecule has 1 aliphatic heterocycles. The van der Waals surface area contributed by atoms with Gasteiger partial charge in [-0.3, -0.25) is 24.1 Å². The Kier molecular flexibility index (Phi) is 6.41. The molecule has 8 heteroatoms. The summed E-state index contributed by atoms with van der Waals surface area (Å²) in [5.74, 6) is -1.92. The predicted molar refractivity (Wildman–Crippen MR) is 144 cm³/mol. The molecule has 192 valence electrons. The molecule has 0 fully saturated rings. The fourth-order valence-corrected chi connectivity index (χ4v) is 4.54. The Morgan fingerprint density at radius 3 is 2.16 bits per heavy atom. The molecule has 1 aromatic heterocycles. The Bertz CT molecular complexity index is 1630. The van der Waals surface area contributed by atoms with E-state index in [1.807, 2.05) is 12.1 Å². The van der Waals surface area contributed by atoms with Crippen LogP contribution in [0.4, 0.5) is 0 Å². The van der Waals surface area contributed by atoms with Gasteiger partial charge in [0.1, 0.15) is 5.58 Å². The standard InChI is InChI=1S/C30H24ClNO6/c1-30(2,3)18-10-8-17(9-11-18)26-27(25(34)22-16-19(31)12-13-23(22)37-26)38-24(33)14-15-32-28(35)20-6-4-5-7-21(20)29(32)36/h4-13,16H,14-15H2,1-3H3. The fraction of sp³-hybridized carbons (Fsp3) is 0.200. The summed E-state index contributed by atoms with van der Waals surface area (Å²) in [6.07, 6.45) is -0.305. The molecular formula is C30H24ClNO6. The molecular weight excluding hydrogens is 506 g/mol. The maximum absolute atomic E-state index is 13.4. The van der Waals surface area contributed by atoms with Crippen LogP contribution in [-0.4, -0.2) is 29.2 Å². The molecule has 3 aromatic carbocycles. The molecule has 2 amide bonds. The maximum Gasteiger partial charge on any atom is 0.313 e. The van der Waals surface area contributed by atoms with Gasteiger partial charge < -0.3 is 9.15 Å². The molecule has 0 atom stereocenters. The molecule has 7 nitrogen and oxygen atoms in total. The zero-order valence-electron chi connectivity index (χ0n) is 21.0. The van der Waals surface area contributed by atoms with Crippen LogP contribution in [0.5, 0.6) is 5.75 Å². The smallest absolute Gasteiger partial charge is 0.313 e. The summed E-state index contributed by atoms with van der Waals surface area (Å²) in [5, 5.41) is 0.491. The van der Waals surface area contributed by atoms with Crippen molar-refractivity contribution < 1.29 is 23.5 Å². The van der Waals surface area contributed by atoms with Crippen LogP contribution in [0.1, 0.15) is 53.5 Å². The average molecular weight is 530 g/mol. The van der Waals surface area contributed by atoms with Crippen LogP contribution < -0.4 is 10.2 Å². The van der Waals surface area contributed by atoms with E-state index in [9.17, 15) is 19.2 Å². The second-order valence-corrected chi connectivity index (χ2v) is 10.5. The number of benzene rings is 3. The number of carbonyl (C=O) groups is 3. The van der Waals surface area contributed by atoms with Gasteiger partial charge in [-0.15, -0.1) is 0 Å². The van der Waals surface area contributed by atoms with E-state index in [0.717, 1.165) is 10.5 Å². The highest BCUT2D eigenvalue weighted by Crippen LogP contribution is 2.34. The third kappa shape index (κ3) is 4.61. The number of ether oxygens (including phenoxy) is 1. The Hall–Kier alpha value is -4.23. The number of esters is 1. The van der Waals surface area contributed by atoms with Crippen LogP contribution in [0.15, 0.2) is 75.9 Å². The largest absolute Gasteiger partial charge is 0.452 e. The Morgan fingerprint density at radius 2 is 1.55 bits per heavy atom. The number of carbonyl (C=O) groups excluding carboxylic acids is 3. The number of amides is 2. The van der Waals surface area contributed by atoms with Gasteiger partial charge in [0.25, 0.3) is 11.8 Å². The van der Waals surface area contributed by atoms with Crippen molar-refractivity contribution in [3.63, 3.8) is 0 Å². The lowest BCUT2D eigenvalue weighted by Crippen LogP contribution is -2.32. The van der Waals surface area contributed by atoms with Gasteiger partial charge in [-0.25, -0.2) is 0 Å². The minimum atomic E-state index is -0.789. The number of hydrogen-bond donors (Lipinski definition) is 0. The van der Waals surface area contributed by atoms with Crippen molar-refractivity contribution in [2.45, 2.75) is 32.6 Å². The topological polar surface area (TPSA) is 93.9 Å². The predicted octanol–water partition coefficient (Wildman–Crippen LogP) is 6.00. The summed E-state index contributed by atoms with van der Waals surface area (Å²) in [5.41, 5.74) is 1.86. The van der Waals surface area contributed by atoms with Gasteiger partial charge in [-0.1, -0.05) is 68.8 Å². The third-order valence-electron chi connectivity index (χ3n) is 6.46.